The van der Waals surface area contributed by atoms with Gasteiger partial charge in [0.15, 0.2) is 0 Å². The number of hydrogen-bond acceptors (Lipinski definition) is 5. The minimum atomic E-state index is -0.648. The highest BCUT2D eigenvalue weighted by Crippen LogP contribution is 2.46. The number of nitro groups is 1. The minimum absolute atomic E-state index is 0.0710. The number of anilines is 1. The van der Waals surface area contributed by atoms with Crippen LogP contribution in [0.1, 0.15) is 19.4 Å². The first-order valence-electron chi connectivity index (χ1n) is 7.98. The molecule has 6 nitrogen and oxygen atoms in total. The second-order valence-electron chi connectivity index (χ2n) is 6.58. The number of phenols is 1. The van der Waals surface area contributed by atoms with Crippen LogP contribution < -0.4 is 4.90 Å². The molecule has 134 valence electrons. The van der Waals surface area contributed by atoms with Gasteiger partial charge in [0.1, 0.15) is 16.5 Å². The van der Waals surface area contributed by atoms with Gasteiger partial charge in [-0.15, -0.1) is 0 Å². The number of likely N-dealkylation sites (N-methyl/N-ethyl adjacent to an activating group) is 1. The van der Waals surface area contributed by atoms with E-state index in [1.54, 1.807) is 6.21 Å². The van der Waals surface area contributed by atoms with E-state index < -0.39 is 4.92 Å². The molecule has 0 amide bonds. The fourth-order valence-corrected chi connectivity index (χ4v) is 3.50. The Hall–Kier alpha value is -2.86. The molecule has 1 N–H and O–H groups in total. The van der Waals surface area contributed by atoms with Gasteiger partial charge in [-0.3, -0.25) is 15.1 Å². The highest BCUT2D eigenvalue weighted by atomic mass is 35.5. The van der Waals surface area contributed by atoms with Crippen LogP contribution in [0.3, 0.4) is 0 Å². The third-order valence-corrected chi connectivity index (χ3v) is 4.93. The second kappa shape index (κ2) is 6.46. The molecule has 3 rings (SSSR count). The van der Waals surface area contributed by atoms with Gasteiger partial charge in [0.25, 0.3) is 5.69 Å². The van der Waals surface area contributed by atoms with Crippen molar-refractivity contribution >= 4 is 34.9 Å². The van der Waals surface area contributed by atoms with Crippen LogP contribution in [0.25, 0.3) is 0 Å². The van der Waals surface area contributed by atoms with Crippen molar-refractivity contribution in [3.8, 4) is 5.75 Å². The third-order valence-electron chi connectivity index (χ3n) is 4.63. The summed E-state index contributed by atoms with van der Waals surface area (Å²) in [5.74, 6) is -0.293. The lowest BCUT2D eigenvalue weighted by atomic mass is 9.84. The van der Waals surface area contributed by atoms with Gasteiger partial charge in [-0.1, -0.05) is 43.6 Å². The summed E-state index contributed by atoms with van der Waals surface area (Å²) in [6, 6.07) is 10.5. The van der Waals surface area contributed by atoms with E-state index in [4.69, 9.17) is 11.6 Å². The van der Waals surface area contributed by atoms with Gasteiger partial charge >= 0.3 is 0 Å². The number of phenolic OH excluding ortho intramolecular Hbond substituents is 1. The van der Waals surface area contributed by atoms with Crippen molar-refractivity contribution in [2.24, 2.45) is 4.99 Å². The number of aliphatic imine (C=N–C) groups is 1. The number of rotatable bonds is 3. The zero-order chi connectivity index (χ0) is 19.1. The summed E-state index contributed by atoms with van der Waals surface area (Å²) in [5, 5.41) is 20.7. The van der Waals surface area contributed by atoms with Gasteiger partial charge in [-0.2, -0.15) is 0 Å². The van der Waals surface area contributed by atoms with Gasteiger partial charge in [0.2, 0.25) is 0 Å². The number of allylic oxidation sites excluding steroid dienone is 2. The zero-order valence-corrected chi connectivity index (χ0v) is 15.4. The fraction of sp³-hybridized carbons (Fsp3) is 0.211. The molecule has 0 spiro atoms. The Kier molecular flexibility index (Phi) is 4.46. The van der Waals surface area contributed by atoms with E-state index in [0.717, 1.165) is 17.5 Å². The maximum atomic E-state index is 10.8. The molecule has 0 saturated carbocycles. The molecule has 26 heavy (non-hydrogen) atoms. The first kappa shape index (κ1) is 17.9. The van der Waals surface area contributed by atoms with Gasteiger partial charge in [-0.05, 0) is 23.8 Å². The van der Waals surface area contributed by atoms with Crippen LogP contribution in [-0.4, -0.2) is 23.3 Å². The number of halogens is 1. The van der Waals surface area contributed by atoms with Gasteiger partial charge < -0.3 is 10.0 Å². The maximum Gasteiger partial charge on any atom is 0.291 e. The van der Waals surface area contributed by atoms with Crippen molar-refractivity contribution in [1.82, 2.24) is 0 Å². The first-order valence-corrected chi connectivity index (χ1v) is 8.36. The monoisotopic (exact) mass is 371 g/mol. The maximum absolute atomic E-state index is 10.8. The zero-order valence-electron chi connectivity index (χ0n) is 14.6. The number of aromatic hydroxyl groups is 1. The van der Waals surface area contributed by atoms with Crippen LogP contribution in [-0.2, 0) is 5.41 Å². The number of hydrogen-bond donors (Lipinski definition) is 1. The third kappa shape index (κ3) is 2.93. The average molecular weight is 372 g/mol. The lowest BCUT2D eigenvalue weighted by Gasteiger charge is -2.23. The summed E-state index contributed by atoms with van der Waals surface area (Å²) in [6.45, 7) is 4.27. The molecule has 1 aliphatic rings. The number of nitrogens with zero attached hydrogens (tertiary/aromatic N) is 3. The molecule has 0 unspecified atom stereocenters. The molecule has 0 atom stereocenters. The molecule has 0 radical (unpaired) electrons. The van der Waals surface area contributed by atoms with Crippen molar-refractivity contribution in [3.63, 3.8) is 0 Å². The normalized spacial score (nSPS) is 17.1. The van der Waals surface area contributed by atoms with E-state index in [0.29, 0.717) is 0 Å². The summed E-state index contributed by atoms with van der Waals surface area (Å²) >= 11 is 5.88. The van der Waals surface area contributed by atoms with E-state index in [1.807, 2.05) is 25.3 Å². The summed E-state index contributed by atoms with van der Waals surface area (Å²) in [5.41, 5.74) is 3.05. The highest BCUT2D eigenvalue weighted by molar-refractivity contribution is 6.33. The quantitative estimate of drug-likeness (QED) is 0.469. The van der Waals surface area contributed by atoms with Crippen LogP contribution in [0.15, 0.2) is 53.2 Å². The van der Waals surface area contributed by atoms with E-state index in [9.17, 15) is 15.2 Å². The SMILES string of the molecule is CN1/C(=C\C=Nc2cc(Cl)c([N+](=O)[O-])cc2O)C(C)(C)c2ccccc21. The number of para-hydroxylation sites is 1. The molecule has 1 heterocycles. The Morgan fingerprint density at radius 2 is 2.00 bits per heavy atom. The van der Waals surface area contributed by atoms with Crippen molar-refractivity contribution in [1.29, 1.82) is 0 Å². The van der Waals surface area contributed by atoms with Crippen molar-refractivity contribution in [2.75, 3.05) is 11.9 Å². The Morgan fingerprint density at radius 3 is 2.65 bits per heavy atom. The van der Waals surface area contributed by atoms with Crippen LogP contribution in [0, 0.1) is 10.1 Å². The predicted octanol–water partition coefficient (Wildman–Crippen LogP) is 4.97. The minimum Gasteiger partial charge on any atom is -0.505 e. The number of fused-ring (bicyclic) bond motifs is 1. The van der Waals surface area contributed by atoms with Gasteiger partial charge in [-0.25, -0.2) is 0 Å². The predicted molar refractivity (Wildman–Crippen MR) is 104 cm³/mol. The first-order chi connectivity index (χ1) is 12.2. The van der Waals surface area contributed by atoms with Crippen molar-refractivity contribution in [3.05, 3.63) is 68.9 Å². The Morgan fingerprint density at radius 1 is 1.31 bits per heavy atom. The van der Waals surface area contributed by atoms with E-state index >= 15 is 0 Å². The Bertz CT molecular complexity index is 951. The summed E-state index contributed by atoms with van der Waals surface area (Å²) < 4.78 is 0. The molecular formula is C19H18ClN3O3. The highest BCUT2D eigenvalue weighted by Gasteiger charge is 2.37. The number of nitro benzene ring substituents is 1. The summed E-state index contributed by atoms with van der Waals surface area (Å²) in [7, 11) is 1.99. The molecule has 2 aromatic rings. The van der Waals surface area contributed by atoms with Crippen molar-refractivity contribution < 1.29 is 10.0 Å². The molecule has 7 heteroatoms. The lowest BCUT2D eigenvalue weighted by Crippen LogP contribution is -2.22. The van der Waals surface area contributed by atoms with E-state index in [-0.39, 0.29) is 27.6 Å². The van der Waals surface area contributed by atoms with Crippen LogP contribution in [0.4, 0.5) is 17.1 Å². The standard InChI is InChI=1S/C19H18ClN3O3/c1-19(2)12-6-4-5-7-15(12)22(3)18(19)8-9-21-14-10-13(20)16(23(25)26)11-17(14)24/h4-11,24H,1-3H3/b18-8-,21-9?. The largest absolute Gasteiger partial charge is 0.505 e. The fourth-order valence-electron chi connectivity index (χ4n) is 3.27. The molecule has 0 aromatic heterocycles. The smallest absolute Gasteiger partial charge is 0.291 e. The molecule has 0 bridgehead atoms. The molecule has 0 aliphatic carbocycles. The molecule has 1 aliphatic heterocycles. The van der Waals surface area contributed by atoms with Crippen LogP contribution in [0.2, 0.25) is 5.02 Å². The summed E-state index contributed by atoms with van der Waals surface area (Å²) in [6.07, 6.45) is 3.44. The van der Waals surface area contributed by atoms with E-state index in [1.165, 1.54) is 11.6 Å². The van der Waals surface area contributed by atoms with Gasteiger partial charge in [0.05, 0.1) is 11.0 Å². The Labute approximate surface area is 156 Å². The molecule has 0 fully saturated rings. The molecule has 2 aromatic carbocycles. The Balaban J connectivity index is 1.94. The van der Waals surface area contributed by atoms with Gasteiger partial charge in [0, 0.05) is 30.1 Å². The van der Waals surface area contributed by atoms with Crippen molar-refractivity contribution in [2.45, 2.75) is 19.3 Å². The summed E-state index contributed by atoms with van der Waals surface area (Å²) in [4.78, 5) is 16.5. The lowest BCUT2D eigenvalue weighted by molar-refractivity contribution is -0.384. The van der Waals surface area contributed by atoms with Crippen LogP contribution >= 0.6 is 11.6 Å². The second-order valence-corrected chi connectivity index (χ2v) is 6.99. The number of benzene rings is 2. The van der Waals surface area contributed by atoms with Crippen LogP contribution in [0.5, 0.6) is 5.75 Å². The molecular weight excluding hydrogens is 354 g/mol. The molecule has 0 saturated heterocycles. The topological polar surface area (TPSA) is 79.0 Å². The van der Waals surface area contributed by atoms with E-state index in [2.05, 4.69) is 35.9 Å². The average Bonchev–Trinajstić information content (AvgIpc) is 2.78.